The molecule has 0 amide bonds. The second kappa shape index (κ2) is 7.64. The summed E-state index contributed by atoms with van der Waals surface area (Å²) in [6.45, 7) is 2.17. The molecule has 0 aliphatic rings. The molecule has 0 aromatic heterocycles. The van der Waals surface area contributed by atoms with E-state index in [2.05, 4.69) is 6.07 Å². The standard InChI is InChI=1S/C21H20O3/c1-16(13-21(22)23-15-17-7-3-2-4-8-17)24-20-12-11-18-9-5-6-10-19(18)14-20/h2-12,14,16H,13,15H2,1H3. The van der Waals surface area contributed by atoms with Crippen LogP contribution >= 0.6 is 0 Å². The molecule has 0 spiro atoms. The summed E-state index contributed by atoms with van der Waals surface area (Å²) < 4.78 is 11.1. The van der Waals surface area contributed by atoms with Crippen LogP contribution in [0, 0.1) is 0 Å². The fourth-order valence-corrected chi connectivity index (χ4v) is 2.55. The highest BCUT2D eigenvalue weighted by atomic mass is 16.5. The predicted octanol–water partition coefficient (Wildman–Crippen LogP) is 4.74. The normalized spacial score (nSPS) is 11.9. The molecule has 0 saturated heterocycles. The van der Waals surface area contributed by atoms with Crippen molar-refractivity contribution in [2.75, 3.05) is 0 Å². The zero-order valence-electron chi connectivity index (χ0n) is 13.6. The smallest absolute Gasteiger partial charge is 0.309 e. The maximum atomic E-state index is 11.9. The van der Waals surface area contributed by atoms with E-state index in [1.54, 1.807) is 0 Å². The zero-order chi connectivity index (χ0) is 16.8. The van der Waals surface area contributed by atoms with E-state index in [0.717, 1.165) is 16.7 Å². The second-order valence-electron chi connectivity index (χ2n) is 5.79. The van der Waals surface area contributed by atoms with E-state index in [4.69, 9.17) is 9.47 Å². The van der Waals surface area contributed by atoms with Crippen molar-refractivity contribution < 1.29 is 14.3 Å². The van der Waals surface area contributed by atoms with Gasteiger partial charge in [0.15, 0.2) is 0 Å². The van der Waals surface area contributed by atoms with Gasteiger partial charge < -0.3 is 9.47 Å². The zero-order valence-corrected chi connectivity index (χ0v) is 13.6. The Morgan fingerprint density at radius 3 is 2.42 bits per heavy atom. The summed E-state index contributed by atoms with van der Waals surface area (Å²) in [5.74, 6) is 0.504. The second-order valence-corrected chi connectivity index (χ2v) is 5.79. The first-order valence-electron chi connectivity index (χ1n) is 8.06. The van der Waals surface area contributed by atoms with Crippen molar-refractivity contribution in [3.8, 4) is 5.75 Å². The van der Waals surface area contributed by atoms with Crippen LogP contribution in [0.15, 0.2) is 72.8 Å². The first-order chi connectivity index (χ1) is 11.7. The Bertz CT molecular complexity index is 811. The Morgan fingerprint density at radius 1 is 0.917 bits per heavy atom. The fraction of sp³-hybridized carbons (Fsp3) is 0.190. The summed E-state index contributed by atoms with van der Waals surface area (Å²) in [6, 6.07) is 23.7. The van der Waals surface area contributed by atoms with Gasteiger partial charge in [-0.2, -0.15) is 0 Å². The van der Waals surface area contributed by atoms with E-state index in [-0.39, 0.29) is 18.5 Å². The summed E-state index contributed by atoms with van der Waals surface area (Å²) in [6.07, 6.45) is -0.0194. The summed E-state index contributed by atoms with van der Waals surface area (Å²) >= 11 is 0. The lowest BCUT2D eigenvalue weighted by molar-refractivity contribution is -0.146. The summed E-state index contributed by atoms with van der Waals surface area (Å²) in [4.78, 5) is 11.9. The van der Waals surface area contributed by atoms with Gasteiger partial charge in [0.25, 0.3) is 0 Å². The molecule has 0 aliphatic carbocycles. The number of ether oxygens (including phenoxy) is 2. The highest BCUT2D eigenvalue weighted by Gasteiger charge is 2.12. The maximum Gasteiger partial charge on any atom is 0.309 e. The number of hydrogen-bond acceptors (Lipinski definition) is 3. The van der Waals surface area contributed by atoms with Gasteiger partial charge in [-0.3, -0.25) is 4.79 Å². The molecule has 0 fully saturated rings. The van der Waals surface area contributed by atoms with Crippen molar-refractivity contribution in [3.05, 3.63) is 78.4 Å². The van der Waals surface area contributed by atoms with Crippen LogP contribution in [-0.2, 0) is 16.1 Å². The molecule has 3 aromatic rings. The lowest BCUT2D eigenvalue weighted by Crippen LogP contribution is -2.18. The molecule has 1 unspecified atom stereocenters. The van der Waals surface area contributed by atoms with Crippen LogP contribution in [0.1, 0.15) is 18.9 Å². The number of carbonyl (C=O) groups excluding carboxylic acids is 1. The number of hydrogen-bond donors (Lipinski definition) is 0. The average molecular weight is 320 g/mol. The lowest BCUT2D eigenvalue weighted by Gasteiger charge is -2.14. The Kier molecular flexibility index (Phi) is 5.12. The van der Waals surface area contributed by atoms with E-state index in [1.807, 2.05) is 73.7 Å². The van der Waals surface area contributed by atoms with Crippen LogP contribution in [0.5, 0.6) is 5.75 Å². The summed E-state index contributed by atoms with van der Waals surface area (Å²) in [7, 11) is 0. The number of benzene rings is 3. The van der Waals surface area contributed by atoms with Crippen LogP contribution in [0.2, 0.25) is 0 Å². The highest BCUT2D eigenvalue weighted by molar-refractivity contribution is 5.83. The minimum atomic E-state index is -0.257. The molecule has 0 bridgehead atoms. The first kappa shape index (κ1) is 16.1. The van der Waals surface area contributed by atoms with E-state index in [0.29, 0.717) is 6.61 Å². The molecule has 0 N–H and O–H groups in total. The van der Waals surface area contributed by atoms with Crippen molar-refractivity contribution in [2.24, 2.45) is 0 Å². The quantitative estimate of drug-likeness (QED) is 0.615. The molecule has 3 nitrogen and oxygen atoms in total. The summed E-state index contributed by atoms with van der Waals surface area (Å²) in [5, 5.41) is 2.29. The monoisotopic (exact) mass is 320 g/mol. The number of rotatable bonds is 6. The third-order valence-corrected chi connectivity index (χ3v) is 3.75. The van der Waals surface area contributed by atoms with Gasteiger partial charge in [-0.15, -0.1) is 0 Å². The van der Waals surface area contributed by atoms with Gasteiger partial charge >= 0.3 is 5.97 Å². The van der Waals surface area contributed by atoms with E-state index >= 15 is 0 Å². The van der Waals surface area contributed by atoms with Crippen LogP contribution in [-0.4, -0.2) is 12.1 Å². The lowest BCUT2D eigenvalue weighted by atomic mass is 10.1. The summed E-state index contributed by atoms with van der Waals surface area (Å²) in [5.41, 5.74) is 0.981. The van der Waals surface area contributed by atoms with Crippen molar-refractivity contribution >= 4 is 16.7 Å². The third kappa shape index (κ3) is 4.35. The minimum Gasteiger partial charge on any atom is -0.490 e. The van der Waals surface area contributed by atoms with Crippen LogP contribution < -0.4 is 4.74 Å². The first-order valence-corrected chi connectivity index (χ1v) is 8.06. The molecule has 3 rings (SSSR count). The van der Waals surface area contributed by atoms with E-state index in [9.17, 15) is 4.79 Å². The minimum absolute atomic E-state index is 0.222. The molecular formula is C21H20O3. The molecule has 0 radical (unpaired) electrons. The Hall–Kier alpha value is -2.81. The Morgan fingerprint density at radius 2 is 1.62 bits per heavy atom. The number of esters is 1. The number of carbonyl (C=O) groups is 1. The predicted molar refractivity (Wildman–Crippen MR) is 94.9 cm³/mol. The van der Waals surface area contributed by atoms with Crippen molar-refractivity contribution in [1.29, 1.82) is 0 Å². The molecule has 122 valence electrons. The van der Waals surface area contributed by atoms with Crippen LogP contribution in [0.25, 0.3) is 10.8 Å². The molecular weight excluding hydrogens is 300 g/mol. The molecule has 3 heteroatoms. The van der Waals surface area contributed by atoms with Gasteiger partial charge in [0.1, 0.15) is 18.5 Å². The van der Waals surface area contributed by atoms with Gasteiger partial charge in [-0.1, -0.05) is 60.7 Å². The molecule has 0 heterocycles. The van der Waals surface area contributed by atoms with E-state index < -0.39 is 0 Å². The SMILES string of the molecule is CC(CC(=O)OCc1ccccc1)Oc1ccc2ccccc2c1. The van der Waals surface area contributed by atoms with Gasteiger partial charge in [0.05, 0.1) is 6.42 Å². The third-order valence-electron chi connectivity index (χ3n) is 3.75. The molecule has 1 atom stereocenters. The van der Waals surface area contributed by atoms with Gasteiger partial charge in [0, 0.05) is 0 Å². The molecule has 0 saturated carbocycles. The van der Waals surface area contributed by atoms with Crippen molar-refractivity contribution in [1.82, 2.24) is 0 Å². The maximum absolute atomic E-state index is 11.9. The highest BCUT2D eigenvalue weighted by Crippen LogP contribution is 2.22. The van der Waals surface area contributed by atoms with Crippen LogP contribution in [0.3, 0.4) is 0 Å². The van der Waals surface area contributed by atoms with Crippen molar-refractivity contribution in [3.63, 3.8) is 0 Å². The molecule has 3 aromatic carbocycles. The molecule has 0 aliphatic heterocycles. The Labute approximate surface area is 141 Å². The largest absolute Gasteiger partial charge is 0.490 e. The fourth-order valence-electron chi connectivity index (χ4n) is 2.55. The molecule has 24 heavy (non-hydrogen) atoms. The average Bonchev–Trinajstić information content (AvgIpc) is 2.60. The van der Waals surface area contributed by atoms with Gasteiger partial charge in [-0.25, -0.2) is 0 Å². The number of fused-ring (bicyclic) bond motifs is 1. The van der Waals surface area contributed by atoms with Gasteiger partial charge in [0.2, 0.25) is 0 Å². The van der Waals surface area contributed by atoms with Crippen LogP contribution in [0.4, 0.5) is 0 Å². The Balaban J connectivity index is 1.52. The van der Waals surface area contributed by atoms with Crippen molar-refractivity contribution in [2.45, 2.75) is 26.1 Å². The topological polar surface area (TPSA) is 35.5 Å². The van der Waals surface area contributed by atoms with Gasteiger partial charge in [-0.05, 0) is 35.4 Å². The van der Waals surface area contributed by atoms with E-state index in [1.165, 1.54) is 5.39 Å².